The summed E-state index contributed by atoms with van der Waals surface area (Å²) in [6.07, 6.45) is -0.0335. The van der Waals surface area contributed by atoms with Crippen molar-refractivity contribution in [3.63, 3.8) is 0 Å². The first-order valence-corrected chi connectivity index (χ1v) is 8.71. The molecule has 2 atom stereocenters. The highest BCUT2D eigenvalue weighted by atomic mass is 32.1. The molecular weight excluding hydrogens is 325 g/mol. The highest BCUT2D eigenvalue weighted by molar-refractivity contribution is 7.08. The minimum absolute atomic E-state index is 0.0121. The summed E-state index contributed by atoms with van der Waals surface area (Å²) >= 11 is 1.54. The predicted octanol–water partition coefficient (Wildman–Crippen LogP) is 2.22. The second kappa shape index (κ2) is 7.30. The summed E-state index contributed by atoms with van der Waals surface area (Å²) in [6, 6.07) is 9.32. The Balaban J connectivity index is 1.79. The summed E-state index contributed by atoms with van der Waals surface area (Å²) in [4.78, 5) is 23.7. The minimum atomic E-state index is -1.18. The largest absolute Gasteiger partial charge is 0.483 e. The van der Waals surface area contributed by atoms with E-state index >= 15 is 0 Å². The zero-order valence-corrected chi connectivity index (χ0v) is 14.1. The van der Waals surface area contributed by atoms with Crippen molar-refractivity contribution in [2.45, 2.75) is 31.8 Å². The molecule has 1 amide bonds. The van der Waals surface area contributed by atoms with Crippen molar-refractivity contribution < 1.29 is 19.3 Å². The molecule has 0 saturated heterocycles. The summed E-state index contributed by atoms with van der Waals surface area (Å²) in [7, 11) is -1.18. The maximum Gasteiger partial charge on any atom is 0.483 e. The number of amides is 1. The van der Waals surface area contributed by atoms with Crippen molar-refractivity contribution in [3.05, 3.63) is 57.8 Å². The second-order valence-electron chi connectivity index (χ2n) is 5.90. The van der Waals surface area contributed by atoms with Crippen molar-refractivity contribution in [1.29, 1.82) is 0 Å². The Morgan fingerprint density at radius 2 is 2.04 bits per heavy atom. The Morgan fingerprint density at radius 1 is 1.29 bits per heavy atom. The molecule has 1 aromatic heterocycles. The van der Waals surface area contributed by atoms with E-state index in [-0.39, 0.29) is 24.5 Å². The van der Waals surface area contributed by atoms with Gasteiger partial charge in [-0.3, -0.25) is 9.59 Å². The van der Waals surface area contributed by atoms with Gasteiger partial charge >= 0.3 is 7.12 Å². The van der Waals surface area contributed by atoms with Crippen LogP contribution in [-0.2, 0) is 20.7 Å². The number of carbonyl (C=O) groups excluding carboxylic acids is 2. The topological polar surface area (TPSA) is 75.6 Å². The molecule has 7 heteroatoms. The van der Waals surface area contributed by atoms with Crippen LogP contribution >= 0.6 is 11.3 Å². The maximum absolute atomic E-state index is 12.3. The number of hydrogen-bond donors (Lipinski definition) is 2. The van der Waals surface area contributed by atoms with E-state index in [0.717, 1.165) is 16.7 Å². The van der Waals surface area contributed by atoms with E-state index in [0.29, 0.717) is 0 Å². The Bertz CT molecular complexity index is 734. The number of Topliss-reactive ketones (excluding diaryl/α,β-unsaturated/α-hetero) is 1. The summed E-state index contributed by atoms with van der Waals surface area (Å²) in [5.74, 6) is -0.835. The number of nitrogens with one attached hydrogen (secondary N) is 1. The number of fused-ring (bicyclic) bond motifs is 1. The van der Waals surface area contributed by atoms with E-state index in [2.05, 4.69) is 5.32 Å². The third-order valence-electron chi connectivity index (χ3n) is 4.00. The van der Waals surface area contributed by atoms with Gasteiger partial charge in [-0.25, -0.2) is 0 Å². The molecule has 5 nitrogen and oxygen atoms in total. The van der Waals surface area contributed by atoms with Crippen LogP contribution in [-0.4, -0.2) is 23.8 Å². The standard InChI is InChI=1S/C17H18BNO4S/c1-11(20)8-15-13-4-2-3-5-14(13)17(18(22)23-15)19-16(21)9-12-6-7-24-10-12/h2-7,10,15,17,22H,8-9H2,1H3,(H,19,21)/t15-,17+/m1/s1. The molecular formula is C17H18BNO4S. The monoisotopic (exact) mass is 343 g/mol. The molecule has 1 aliphatic rings. The fraction of sp³-hybridized carbons (Fsp3) is 0.294. The third-order valence-corrected chi connectivity index (χ3v) is 4.73. The maximum atomic E-state index is 12.3. The van der Waals surface area contributed by atoms with Gasteiger partial charge in [0.05, 0.1) is 18.5 Å². The molecule has 1 aromatic carbocycles. The summed E-state index contributed by atoms with van der Waals surface area (Å²) in [5, 5.41) is 17.0. The van der Waals surface area contributed by atoms with Crippen LogP contribution in [0.25, 0.3) is 0 Å². The molecule has 0 fully saturated rings. The first-order chi connectivity index (χ1) is 11.5. The number of rotatable bonds is 5. The molecule has 3 rings (SSSR count). The van der Waals surface area contributed by atoms with Crippen LogP contribution in [0.1, 0.15) is 42.1 Å². The quantitative estimate of drug-likeness (QED) is 0.817. The van der Waals surface area contributed by atoms with Gasteiger partial charge in [0.2, 0.25) is 5.91 Å². The zero-order valence-electron chi connectivity index (χ0n) is 13.3. The lowest BCUT2D eigenvalue weighted by molar-refractivity contribution is -0.121. The van der Waals surface area contributed by atoms with Gasteiger partial charge in [-0.1, -0.05) is 24.3 Å². The van der Waals surface area contributed by atoms with Gasteiger partial charge < -0.3 is 15.0 Å². The van der Waals surface area contributed by atoms with Crippen LogP contribution in [0, 0.1) is 0 Å². The molecule has 0 saturated carbocycles. The molecule has 2 N–H and O–H groups in total. The fourth-order valence-electron chi connectivity index (χ4n) is 2.93. The molecule has 0 aliphatic carbocycles. The van der Waals surface area contributed by atoms with Crippen LogP contribution in [0.4, 0.5) is 0 Å². The van der Waals surface area contributed by atoms with Gasteiger partial charge in [0.25, 0.3) is 0 Å². The van der Waals surface area contributed by atoms with Crippen molar-refractivity contribution >= 4 is 30.1 Å². The first-order valence-electron chi connectivity index (χ1n) is 7.77. The fourth-order valence-corrected chi connectivity index (χ4v) is 3.60. The van der Waals surface area contributed by atoms with E-state index in [1.807, 2.05) is 41.1 Å². The van der Waals surface area contributed by atoms with E-state index in [4.69, 9.17) is 4.65 Å². The number of thiophene rings is 1. The van der Waals surface area contributed by atoms with Crippen molar-refractivity contribution in [1.82, 2.24) is 5.32 Å². The molecule has 2 aromatic rings. The van der Waals surface area contributed by atoms with Crippen molar-refractivity contribution in [2.24, 2.45) is 0 Å². The SMILES string of the molecule is CC(=O)C[C@H]1OB(O)[C@@H](NC(=O)Cc2ccsc2)c2ccccc21. The average molecular weight is 343 g/mol. The van der Waals surface area contributed by atoms with Crippen LogP contribution < -0.4 is 5.32 Å². The van der Waals surface area contributed by atoms with E-state index in [1.165, 1.54) is 18.3 Å². The lowest BCUT2D eigenvalue weighted by Crippen LogP contribution is -2.45. The van der Waals surface area contributed by atoms with Gasteiger partial charge in [0.1, 0.15) is 5.78 Å². The first kappa shape index (κ1) is 16.9. The van der Waals surface area contributed by atoms with Crippen LogP contribution in [0.15, 0.2) is 41.1 Å². The van der Waals surface area contributed by atoms with Crippen LogP contribution in [0.5, 0.6) is 0 Å². The van der Waals surface area contributed by atoms with Gasteiger partial charge in [-0.15, -0.1) is 0 Å². The number of carbonyl (C=O) groups is 2. The number of hydrogen-bond acceptors (Lipinski definition) is 5. The van der Waals surface area contributed by atoms with Gasteiger partial charge in [0, 0.05) is 6.42 Å². The molecule has 0 unspecified atom stereocenters. The van der Waals surface area contributed by atoms with Crippen LogP contribution in [0.3, 0.4) is 0 Å². The lowest BCUT2D eigenvalue weighted by Gasteiger charge is -2.33. The van der Waals surface area contributed by atoms with Crippen molar-refractivity contribution in [3.8, 4) is 0 Å². The van der Waals surface area contributed by atoms with Crippen LogP contribution in [0.2, 0.25) is 0 Å². The average Bonchev–Trinajstić information content (AvgIpc) is 3.03. The molecule has 0 spiro atoms. The molecule has 2 heterocycles. The summed E-state index contributed by atoms with van der Waals surface area (Å²) in [6.45, 7) is 1.49. The smallest absolute Gasteiger partial charge is 0.425 e. The van der Waals surface area contributed by atoms with Gasteiger partial charge in [-0.2, -0.15) is 11.3 Å². The third kappa shape index (κ3) is 3.75. The van der Waals surface area contributed by atoms with Gasteiger partial charge in [-0.05, 0) is 40.4 Å². The van der Waals surface area contributed by atoms with E-state index in [1.54, 1.807) is 0 Å². The molecule has 24 heavy (non-hydrogen) atoms. The summed E-state index contributed by atoms with van der Waals surface area (Å²) in [5.41, 5.74) is 2.56. The highest BCUT2D eigenvalue weighted by Crippen LogP contribution is 2.36. The van der Waals surface area contributed by atoms with Crippen molar-refractivity contribution in [2.75, 3.05) is 0 Å². The zero-order chi connectivity index (χ0) is 17.1. The molecule has 0 bridgehead atoms. The predicted molar refractivity (Wildman–Crippen MR) is 92.4 cm³/mol. The second-order valence-corrected chi connectivity index (χ2v) is 6.68. The van der Waals surface area contributed by atoms with E-state index < -0.39 is 19.2 Å². The Kier molecular flexibility index (Phi) is 5.13. The van der Waals surface area contributed by atoms with E-state index in [9.17, 15) is 14.6 Å². The van der Waals surface area contributed by atoms with Gasteiger partial charge in [0.15, 0.2) is 0 Å². The number of ketones is 1. The Hall–Kier alpha value is -1.96. The molecule has 1 aliphatic heterocycles. The molecule has 124 valence electrons. The summed E-state index contributed by atoms with van der Waals surface area (Å²) < 4.78 is 5.59. The number of benzene rings is 1. The Morgan fingerprint density at radius 3 is 2.71 bits per heavy atom. The minimum Gasteiger partial charge on any atom is -0.425 e. The molecule has 0 radical (unpaired) electrons. The highest BCUT2D eigenvalue weighted by Gasteiger charge is 2.40. The lowest BCUT2D eigenvalue weighted by atomic mass is 9.69. The normalized spacial score (nSPS) is 19.7. The Labute approximate surface area is 144 Å².